The van der Waals surface area contributed by atoms with E-state index >= 15 is 0 Å². The molecule has 0 bridgehead atoms. The molecule has 1 unspecified atom stereocenters. The highest BCUT2D eigenvalue weighted by Crippen LogP contribution is 2.39. The maximum Gasteiger partial charge on any atom is 0.392 e. The second-order valence-electron chi connectivity index (χ2n) is 5.78. The predicted octanol–water partition coefficient (Wildman–Crippen LogP) is 4.02. The molecule has 0 radical (unpaired) electrons. The first-order valence-electron chi connectivity index (χ1n) is 5.98. The number of hydrogen-bond acceptors (Lipinski definition) is 2. The van der Waals surface area contributed by atoms with Crippen LogP contribution in [0.5, 0.6) is 5.75 Å². The Morgan fingerprint density at radius 3 is 2.05 bits per heavy atom. The Kier molecular flexibility index (Phi) is 4.20. The largest absolute Gasteiger partial charge is 0.488 e. The average molecular weight is 276 g/mol. The summed E-state index contributed by atoms with van der Waals surface area (Å²) in [5, 5.41) is 10.1. The summed E-state index contributed by atoms with van der Waals surface area (Å²) >= 11 is 0. The van der Waals surface area contributed by atoms with Gasteiger partial charge in [-0.1, -0.05) is 18.2 Å². The molecule has 0 spiro atoms. The first-order chi connectivity index (χ1) is 8.41. The van der Waals surface area contributed by atoms with E-state index in [1.165, 1.54) is 6.07 Å². The van der Waals surface area contributed by atoms with Gasteiger partial charge < -0.3 is 9.84 Å². The summed E-state index contributed by atoms with van der Waals surface area (Å²) in [4.78, 5) is 0. The Morgan fingerprint density at radius 1 is 1.05 bits per heavy atom. The number of para-hydroxylation sites is 1. The van der Waals surface area contributed by atoms with Crippen LogP contribution < -0.4 is 4.74 Å². The number of rotatable bonds is 3. The van der Waals surface area contributed by atoms with E-state index in [1.807, 2.05) is 0 Å². The lowest BCUT2D eigenvalue weighted by molar-refractivity contribution is -0.175. The van der Waals surface area contributed by atoms with Gasteiger partial charge in [-0.15, -0.1) is 0 Å². The van der Waals surface area contributed by atoms with Crippen LogP contribution in [0.15, 0.2) is 24.3 Å². The molecule has 0 saturated heterocycles. The van der Waals surface area contributed by atoms with Gasteiger partial charge in [0.25, 0.3) is 0 Å². The first kappa shape index (κ1) is 15.8. The van der Waals surface area contributed by atoms with Crippen molar-refractivity contribution >= 4 is 0 Å². The van der Waals surface area contributed by atoms with Gasteiger partial charge in [0.05, 0.1) is 12.0 Å². The van der Waals surface area contributed by atoms with Gasteiger partial charge in [0.1, 0.15) is 11.4 Å². The molecule has 5 heteroatoms. The Hall–Kier alpha value is -1.23. The summed E-state index contributed by atoms with van der Waals surface area (Å²) in [5.41, 5.74) is -2.42. The summed E-state index contributed by atoms with van der Waals surface area (Å²) in [6.07, 6.45) is -5.76. The molecule has 1 N–H and O–H groups in total. The Morgan fingerprint density at radius 2 is 1.58 bits per heavy atom. The van der Waals surface area contributed by atoms with E-state index in [1.54, 1.807) is 39.0 Å². The van der Waals surface area contributed by atoms with Gasteiger partial charge in [0.2, 0.25) is 0 Å². The van der Waals surface area contributed by atoms with Crippen molar-refractivity contribution in [2.45, 2.75) is 51.5 Å². The third kappa shape index (κ3) is 5.11. The Labute approximate surface area is 111 Å². The molecule has 0 amide bonds. The summed E-state index contributed by atoms with van der Waals surface area (Å²) in [5.74, 6) is 0.268. The molecule has 108 valence electrons. The highest BCUT2D eigenvalue weighted by atomic mass is 19.4. The average Bonchev–Trinajstić information content (AvgIpc) is 2.11. The van der Waals surface area contributed by atoms with Crippen LogP contribution in [0.4, 0.5) is 13.2 Å². The van der Waals surface area contributed by atoms with Crippen LogP contribution in [-0.4, -0.2) is 16.9 Å². The minimum atomic E-state index is -4.45. The maximum atomic E-state index is 12.5. The lowest BCUT2D eigenvalue weighted by Crippen LogP contribution is -2.31. The van der Waals surface area contributed by atoms with Crippen molar-refractivity contribution in [2.24, 2.45) is 0 Å². The minimum Gasteiger partial charge on any atom is -0.488 e. The molecule has 1 atom stereocenters. The Balaban J connectivity index is 3.12. The summed E-state index contributed by atoms with van der Waals surface area (Å²) in [6, 6.07) is 6.25. The first-order valence-corrected chi connectivity index (χ1v) is 5.98. The smallest absolute Gasteiger partial charge is 0.392 e. The number of aliphatic hydroxyl groups is 1. The van der Waals surface area contributed by atoms with Gasteiger partial charge in [-0.25, -0.2) is 0 Å². The molecule has 0 aliphatic heterocycles. The van der Waals surface area contributed by atoms with Crippen molar-refractivity contribution in [1.29, 1.82) is 0 Å². The lowest BCUT2D eigenvalue weighted by atomic mass is 9.91. The summed E-state index contributed by atoms with van der Waals surface area (Å²) < 4.78 is 43.1. The van der Waals surface area contributed by atoms with Crippen molar-refractivity contribution in [3.05, 3.63) is 29.8 Å². The van der Waals surface area contributed by atoms with Gasteiger partial charge in [-0.3, -0.25) is 0 Å². The molecule has 0 aliphatic carbocycles. The molecule has 2 nitrogen and oxygen atoms in total. The van der Waals surface area contributed by atoms with E-state index in [4.69, 9.17) is 4.74 Å². The second kappa shape index (κ2) is 5.04. The van der Waals surface area contributed by atoms with Crippen LogP contribution in [0.25, 0.3) is 0 Å². The lowest BCUT2D eigenvalue weighted by Gasteiger charge is -2.30. The van der Waals surface area contributed by atoms with Crippen molar-refractivity contribution < 1.29 is 23.0 Å². The van der Waals surface area contributed by atoms with E-state index in [9.17, 15) is 18.3 Å². The van der Waals surface area contributed by atoms with E-state index in [0.717, 1.165) is 6.92 Å². The quantitative estimate of drug-likeness (QED) is 0.903. The monoisotopic (exact) mass is 276 g/mol. The second-order valence-corrected chi connectivity index (χ2v) is 5.78. The van der Waals surface area contributed by atoms with Crippen LogP contribution in [0.3, 0.4) is 0 Å². The topological polar surface area (TPSA) is 29.5 Å². The van der Waals surface area contributed by atoms with Crippen LogP contribution in [-0.2, 0) is 5.60 Å². The number of benzene rings is 1. The fourth-order valence-electron chi connectivity index (χ4n) is 1.82. The van der Waals surface area contributed by atoms with Crippen LogP contribution in [0.2, 0.25) is 0 Å². The van der Waals surface area contributed by atoms with Gasteiger partial charge in [-0.2, -0.15) is 13.2 Å². The van der Waals surface area contributed by atoms with Gasteiger partial charge in [0, 0.05) is 5.56 Å². The Bertz CT molecular complexity index is 431. The molecule has 1 aromatic rings. The maximum absolute atomic E-state index is 12.5. The molecule has 0 aromatic heterocycles. The summed E-state index contributed by atoms with van der Waals surface area (Å²) in [7, 11) is 0. The van der Waals surface area contributed by atoms with E-state index < -0.39 is 23.8 Å². The highest BCUT2D eigenvalue weighted by molar-refractivity contribution is 5.38. The zero-order valence-electron chi connectivity index (χ0n) is 11.5. The van der Waals surface area contributed by atoms with Crippen LogP contribution in [0, 0.1) is 0 Å². The normalized spacial score (nSPS) is 16.0. The third-order valence-corrected chi connectivity index (χ3v) is 2.43. The molecule has 1 rings (SSSR count). The van der Waals surface area contributed by atoms with Gasteiger partial charge in [-0.05, 0) is 33.8 Å². The van der Waals surface area contributed by atoms with Crippen molar-refractivity contribution in [2.75, 3.05) is 0 Å². The zero-order chi connectivity index (χ0) is 14.9. The molecule has 19 heavy (non-hydrogen) atoms. The van der Waals surface area contributed by atoms with Gasteiger partial charge >= 0.3 is 6.18 Å². The van der Waals surface area contributed by atoms with E-state index in [2.05, 4.69) is 0 Å². The predicted molar refractivity (Wildman–Crippen MR) is 67.1 cm³/mol. The zero-order valence-corrected chi connectivity index (χ0v) is 11.5. The van der Waals surface area contributed by atoms with Crippen molar-refractivity contribution in [3.8, 4) is 5.75 Å². The molecule has 0 fully saturated rings. The third-order valence-electron chi connectivity index (χ3n) is 2.43. The van der Waals surface area contributed by atoms with Crippen molar-refractivity contribution in [1.82, 2.24) is 0 Å². The summed E-state index contributed by atoms with van der Waals surface area (Å²) in [6.45, 7) is 6.53. The molecule has 0 heterocycles. The number of ether oxygens (including phenoxy) is 1. The number of hydrogen-bond donors (Lipinski definition) is 1. The standard InChI is InChI=1S/C14H19F3O2/c1-12(2,3)19-11-8-6-5-7-10(11)13(4,18)9-14(15,16)17/h5-8,18H,9H2,1-4H3. The molecular formula is C14H19F3O2. The van der Waals surface area contributed by atoms with Crippen LogP contribution in [0.1, 0.15) is 39.7 Å². The molecule has 0 aliphatic rings. The van der Waals surface area contributed by atoms with E-state index in [-0.39, 0.29) is 11.3 Å². The fourth-order valence-corrected chi connectivity index (χ4v) is 1.82. The number of alkyl halides is 3. The van der Waals surface area contributed by atoms with Gasteiger partial charge in [0.15, 0.2) is 0 Å². The highest BCUT2D eigenvalue weighted by Gasteiger charge is 2.40. The van der Waals surface area contributed by atoms with Crippen LogP contribution >= 0.6 is 0 Å². The number of halogens is 3. The van der Waals surface area contributed by atoms with E-state index in [0.29, 0.717) is 0 Å². The SMILES string of the molecule is CC(C)(C)Oc1ccccc1C(C)(O)CC(F)(F)F. The minimum absolute atomic E-state index is 0.141. The molecule has 0 saturated carbocycles. The fraction of sp³-hybridized carbons (Fsp3) is 0.571. The van der Waals surface area contributed by atoms with Crippen molar-refractivity contribution in [3.63, 3.8) is 0 Å². The molecular weight excluding hydrogens is 257 g/mol. The molecule has 1 aromatic carbocycles.